The summed E-state index contributed by atoms with van der Waals surface area (Å²) in [6.45, 7) is 12.7. The third-order valence-electron chi connectivity index (χ3n) is 5.06. The van der Waals surface area contributed by atoms with E-state index < -0.39 is 5.82 Å². The van der Waals surface area contributed by atoms with Crippen molar-refractivity contribution < 1.29 is 4.39 Å². The Bertz CT molecular complexity index is 1070. The molecule has 1 aliphatic rings. The molecule has 34 heavy (non-hydrogen) atoms. The van der Waals surface area contributed by atoms with Gasteiger partial charge in [-0.1, -0.05) is 63.6 Å². The van der Waals surface area contributed by atoms with Crippen LogP contribution in [0.3, 0.4) is 0 Å². The van der Waals surface area contributed by atoms with Crippen molar-refractivity contribution in [1.29, 1.82) is 5.26 Å². The Labute approximate surface area is 202 Å². The summed E-state index contributed by atoms with van der Waals surface area (Å²) in [7, 11) is 0. The summed E-state index contributed by atoms with van der Waals surface area (Å²) in [5.74, 6) is -0.305. The van der Waals surface area contributed by atoms with Crippen LogP contribution in [0, 0.1) is 24.1 Å². The van der Waals surface area contributed by atoms with E-state index in [2.05, 4.69) is 40.0 Å². The largest absolute Gasteiger partial charge is 0.317 e. The molecule has 1 atom stereocenters. The predicted molar refractivity (Wildman–Crippen MR) is 137 cm³/mol. The number of anilines is 1. The van der Waals surface area contributed by atoms with Crippen LogP contribution in [0.25, 0.3) is 11.4 Å². The number of rotatable bonds is 6. The monoisotopic (exact) mass is 462 g/mol. The van der Waals surface area contributed by atoms with E-state index in [9.17, 15) is 9.65 Å². The lowest BCUT2D eigenvalue weighted by Crippen LogP contribution is -2.19. The van der Waals surface area contributed by atoms with Crippen LogP contribution in [-0.2, 0) is 0 Å². The smallest absolute Gasteiger partial charge is 0.163 e. The van der Waals surface area contributed by atoms with E-state index in [1.54, 1.807) is 12.3 Å². The molecule has 2 aromatic carbocycles. The second kappa shape index (κ2) is 14.0. The zero-order chi connectivity index (χ0) is 24.9. The molecule has 4 rings (SSSR count). The maximum Gasteiger partial charge on any atom is 0.163 e. The van der Waals surface area contributed by atoms with Crippen LogP contribution in [0.5, 0.6) is 0 Å². The van der Waals surface area contributed by atoms with Crippen molar-refractivity contribution in [3.63, 3.8) is 0 Å². The molecule has 0 aliphatic carbocycles. The molecular formula is C27H35FN6. The van der Waals surface area contributed by atoms with Gasteiger partial charge in [0.05, 0.1) is 40.8 Å². The van der Waals surface area contributed by atoms with Gasteiger partial charge in [-0.3, -0.25) is 0 Å². The highest BCUT2D eigenvalue weighted by molar-refractivity contribution is 5.67. The first-order chi connectivity index (χ1) is 16.6. The van der Waals surface area contributed by atoms with Crippen molar-refractivity contribution in [3.05, 3.63) is 76.9 Å². The average Bonchev–Trinajstić information content (AvgIpc) is 3.29. The average molecular weight is 463 g/mol. The Kier molecular flexibility index (Phi) is 11.1. The van der Waals surface area contributed by atoms with Gasteiger partial charge < -0.3 is 10.7 Å². The topological polar surface area (TPSA) is 85.7 Å². The van der Waals surface area contributed by atoms with E-state index in [0.29, 0.717) is 0 Å². The first-order valence-electron chi connectivity index (χ1n) is 11.9. The Morgan fingerprint density at radius 2 is 1.74 bits per heavy atom. The minimum absolute atomic E-state index is 0.127. The quantitative estimate of drug-likeness (QED) is 0.395. The van der Waals surface area contributed by atoms with Crippen LogP contribution >= 0.6 is 0 Å². The van der Waals surface area contributed by atoms with Gasteiger partial charge >= 0.3 is 0 Å². The fourth-order valence-electron chi connectivity index (χ4n) is 3.37. The molecule has 0 bridgehead atoms. The van der Waals surface area contributed by atoms with Gasteiger partial charge in [-0.2, -0.15) is 5.26 Å². The summed E-state index contributed by atoms with van der Waals surface area (Å²) >= 11 is 0. The van der Waals surface area contributed by atoms with Crippen molar-refractivity contribution in [2.45, 2.75) is 53.5 Å². The molecule has 0 spiro atoms. The molecule has 0 saturated carbocycles. The van der Waals surface area contributed by atoms with Crippen LogP contribution < -0.4 is 16.2 Å². The molecule has 3 N–H and O–H groups in total. The molecule has 1 aliphatic heterocycles. The van der Waals surface area contributed by atoms with Crippen molar-refractivity contribution in [2.24, 2.45) is 0 Å². The predicted octanol–water partition coefficient (Wildman–Crippen LogP) is 5.90. The Morgan fingerprint density at radius 3 is 2.35 bits per heavy atom. The summed E-state index contributed by atoms with van der Waals surface area (Å²) in [6.07, 6.45) is 4.10. The van der Waals surface area contributed by atoms with E-state index in [-0.39, 0.29) is 23.0 Å². The number of fused-ring (bicyclic) bond motifs is 1. The number of aryl methyl sites for hydroxylation is 1. The minimum atomic E-state index is -0.509. The molecule has 0 saturated heterocycles. The Hall–Kier alpha value is -3.34. The first kappa shape index (κ1) is 26.9. The number of hydrogen-bond donors (Lipinski definition) is 3. The number of hydrazine groups is 1. The number of nitrogens with zero attached hydrogens (tertiary/aromatic N) is 3. The summed E-state index contributed by atoms with van der Waals surface area (Å²) in [6, 6.07) is 14.3. The normalized spacial score (nSPS) is 13.4. The molecule has 7 heteroatoms. The van der Waals surface area contributed by atoms with Gasteiger partial charge in [0.25, 0.3) is 0 Å². The van der Waals surface area contributed by atoms with Crippen molar-refractivity contribution in [3.8, 4) is 17.5 Å². The molecule has 1 aromatic heterocycles. The fourth-order valence-corrected chi connectivity index (χ4v) is 3.37. The molecule has 0 fully saturated rings. The number of aromatic nitrogens is 2. The summed E-state index contributed by atoms with van der Waals surface area (Å²) in [5, 5.41) is 12.5. The van der Waals surface area contributed by atoms with Gasteiger partial charge in [-0.05, 0) is 50.6 Å². The number of hydrogen-bond acceptors (Lipinski definition) is 6. The lowest BCUT2D eigenvalue weighted by atomic mass is 10.0. The standard InChI is InChI=1S/C19H14FN5.C6H15N.C2H6/c1-11-5-7-12(8-6-11)17-18-15(24-25-17)10-22-19(23-18)16-13(9-21)3-2-4-14(16)20;1-3-5-7-6-4-2;1-2/h2-8,10,17,24-25H,1H3;7H,3-6H2,1-2H3;1-2H3. The van der Waals surface area contributed by atoms with Crippen molar-refractivity contribution in [1.82, 2.24) is 20.7 Å². The van der Waals surface area contributed by atoms with Gasteiger partial charge in [-0.15, -0.1) is 0 Å². The lowest BCUT2D eigenvalue weighted by Gasteiger charge is -2.12. The highest BCUT2D eigenvalue weighted by Gasteiger charge is 2.27. The van der Waals surface area contributed by atoms with Crippen LogP contribution in [0.4, 0.5) is 10.1 Å². The molecule has 180 valence electrons. The van der Waals surface area contributed by atoms with Gasteiger partial charge in [-0.25, -0.2) is 19.8 Å². The molecule has 1 unspecified atom stereocenters. The van der Waals surface area contributed by atoms with Crippen LogP contribution in [0.2, 0.25) is 0 Å². The third-order valence-corrected chi connectivity index (χ3v) is 5.06. The van der Waals surface area contributed by atoms with Gasteiger partial charge in [0.2, 0.25) is 0 Å². The number of halogens is 1. The first-order valence-corrected chi connectivity index (χ1v) is 11.9. The lowest BCUT2D eigenvalue weighted by molar-refractivity contribution is 0.629. The second-order valence-electron chi connectivity index (χ2n) is 7.63. The van der Waals surface area contributed by atoms with E-state index >= 15 is 0 Å². The second-order valence-corrected chi connectivity index (χ2v) is 7.63. The highest BCUT2D eigenvalue weighted by atomic mass is 19.1. The summed E-state index contributed by atoms with van der Waals surface area (Å²) in [5.41, 5.74) is 10.2. The number of nitrogens with one attached hydrogen (secondary N) is 3. The summed E-state index contributed by atoms with van der Waals surface area (Å²) in [4.78, 5) is 8.77. The van der Waals surface area contributed by atoms with Crippen LogP contribution in [0.1, 0.15) is 69.0 Å². The molecule has 0 radical (unpaired) electrons. The third kappa shape index (κ3) is 6.83. The molecule has 6 nitrogen and oxygen atoms in total. The van der Waals surface area contributed by atoms with Gasteiger partial charge in [0, 0.05) is 0 Å². The number of benzene rings is 2. The van der Waals surface area contributed by atoms with E-state index in [1.807, 2.05) is 51.1 Å². The molecule has 0 amide bonds. The van der Waals surface area contributed by atoms with Gasteiger partial charge in [0.1, 0.15) is 5.82 Å². The molecule has 2 heterocycles. The zero-order valence-corrected chi connectivity index (χ0v) is 20.7. The Balaban J connectivity index is 0.000000393. The Morgan fingerprint density at radius 1 is 1.06 bits per heavy atom. The van der Waals surface area contributed by atoms with Crippen LogP contribution in [-0.4, -0.2) is 23.1 Å². The number of nitriles is 1. The minimum Gasteiger partial charge on any atom is -0.317 e. The summed E-state index contributed by atoms with van der Waals surface area (Å²) < 4.78 is 14.3. The molecule has 3 aromatic rings. The zero-order valence-electron chi connectivity index (χ0n) is 20.7. The van der Waals surface area contributed by atoms with E-state index in [1.165, 1.54) is 43.6 Å². The van der Waals surface area contributed by atoms with Crippen LogP contribution in [0.15, 0.2) is 48.7 Å². The maximum atomic E-state index is 14.3. The fraction of sp³-hybridized carbons (Fsp3) is 0.370. The van der Waals surface area contributed by atoms with Crippen molar-refractivity contribution in [2.75, 3.05) is 18.5 Å². The van der Waals surface area contributed by atoms with Gasteiger partial charge in [0.15, 0.2) is 5.82 Å². The maximum absolute atomic E-state index is 14.3. The van der Waals surface area contributed by atoms with E-state index in [0.717, 1.165) is 16.9 Å². The van der Waals surface area contributed by atoms with Crippen molar-refractivity contribution >= 4 is 5.69 Å². The highest BCUT2D eigenvalue weighted by Crippen LogP contribution is 2.33. The SMILES string of the molecule is CC.CCCNCCC.Cc1ccc(C2NNc3cnc(-c4c(F)cccc4C#N)nc32)cc1. The molecular weight excluding hydrogens is 427 g/mol. The van der Waals surface area contributed by atoms with E-state index in [4.69, 9.17) is 0 Å².